The van der Waals surface area contributed by atoms with Crippen LogP contribution in [-0.2, 0) is 6.42 Å². The second kappa shape index (κ2) is 4.90. The fourth-order valence-electron chi connectivity index (χ4n) is 2.00. The summed E-state index contributed by atoms with van der Waals surface area (Å²) in [6.07, 6.45) is 4.12. The number of nitrogens with zero attached hydrogens (tertiary/aromatic N) is 2. The second-order valence-corrected chi connectivity index (χ2v) is 4.90. The fourth-order valence-corrected chi connectivity index (χ4v) is 2.00. The molecule has 2 aromatic rings. The van der Waals surface area contributed by atoms with E-state index in [1.54, 1.807) is 0 Å². The number of benzene rings is 1. The summed E-state index contributed by atoms with van der Waals surface area (Å²) >= 11 is 0. The minimum atomic E-state index is -0.162. The van der Waals surface area contributed by atoms with Gasteiger partial charge in [-0.15, -0.1) is 0 Å². The van der Waals surface area contributed by atoms with Gasteiger partial charge in [-0.05, 0) is 31.2 Å². The Morgan fingerprint density at radius 1 is 1.28 bits per heavy atom. The second-order valence-electron chi connectivity index (χ2n) is 4.90. The van der Waals surface area contributed by atoms with E-state index in [1.165, 1.54) is 18.4 Å². The fraction of sp³-hybridized carbons (Fsp3) is 0.429. The molecule has 0 unspecified atom stereocenters. The predicted molar refractivity (Wildman–Crippen MR) is 68.0 cm³/mol. The molecule has 0 spiro atoms. The van der Waals surface area contributed by atoms with Gasteiger partial charge in [0.15, 0.2) is 5.82 Å². The number of aryl methyl sites for hydroxylation is 1. The average Bonchev–Trinajstić information content (AvgIpc) is 3.15. The van der Waals surface area contributed by atoms with Crippen molar-refractivity contribution in [2.45, 2.75) is 37.6 Å². The van der Waals surface area contributed by atoms with Gasteiger partial charge in [-0.3, -0.25) is 0 Å². The molecule has 4 nitrogen and oxygen atoms in total. The van der Waals surface area contributed by atoms with Gasteiger partial charge in [-0.1, -0.05) is 35.5 Å². The lowest BCUT2D eigenvalue weighted by Gasteiger charge is -2.06. The number of aromatic nitrogens is 2. The Morgan fingerprint density at radius 2 is 2.06 bits per heavy atom. The highest BCUT2D eigenvalue weighted by Gasteiger charge is 2.29. The van der Waals surface area contributed by atoms with Crippen LogP contribution in [0.4, 0.5) is 0 Å². The molecule has 18 heavy (non-hydrogen) atoms. The van der Waals surface area contributed by atoms with Gasteiger partial charge in [0, 0.05) is 5.92 Å². The van der Waals surface area contributed by atoms with Crippen molar-refractivity contribution in [1.29, 1.82) is 0 Å². The summed E-state index contributed by atoms with van der Waals surface area (Å²) in [5.41, 5.74) is 7.37. The molecule has 2 N–H and O–H groups in total. The van der Waals surface area contributed by atoms with Crippen LogP contribution in [0.15, 0.2) is 34.9 Å². The van der Waals surface area contributed by atoms with E-state index in [0.29, 0.717) is 11.8 Å². The number of rotatable bonds is 5. The van der Waals surface area contributed by atoms with Crippen molar-refractivity contribution in [3.05, 3.63) is 47.6 Å². The summed E-state index contributed by atoms with van der Waals surface area (Å²) in [6, 6.07) is 10.2. The van der Waals surface area contributed by atoms with Crippen LogP contribution >= 0.6 is 0 Å². The van der Waals surface area contributed by atoms with Crippen LogP contribution in [0, 0.1) is 0 Å². The maximum absolute atomic E-state index is 6.08. The summed E-state index contributed by atoms with van der Waals surface area (Å²) in [7, 11) is 0. The zero-order valence-electron chi connectivity index (χ0n) is 10.2. The highest BCUT2D eigenvalue weighted by molar-refractivity contribution is 5.15. The summed E-state index contributed by atoms with van der Waals surface area (Å²) in [5, 5.41) is 3.99. The van der Waals surface area contributed by atoms with Gasteiger partial charge in [-0.25, -0.2) is 0 Å². The molecule has 4 heteroatoms. The molecule has 1 fully saturated rings. The summed E-state index contributed by atoms with van der Waals surface area (Å²) in [5.74, 6) is 1.93. The smallest absolute Gasteiger partial charge is 0.243 e. The standard InChI is InChI=1S/C14H17N3O/c15-12(9-6-10-4-2-1-3-5-10)14-16-13(17-18-14)11-7-8-11/h1-5,11-12H,6-9,15H2/t12-/m0/s1. The molecule has 0 radical (unpaired) electrons. The molecule has 94 valence electrons. The summed E-state index contributed by atoms with van der Waals surface area (Å²) in [4.78, 5) is 4.38. The SMILES string of the molecule is N[C@@H](CCc1ccccc1)c1nc(C2CC2)no1. The predicted octanol–water partition coefficient (Wildman–Crippen LogP) is 2.58. The van der Waals surface area contributed by atoms with Crippen molar-refractivity contribution < 1.29 is 4.52 Å². The zero-order valence-corrected chi connectivity index (χ0v) is 10.2. The van der Waals surface area contributed by atoms with Crippen LogP contribution < -0.4 is 5.73 Å². The lowest BCUT2D eigenvalue weighted by Crippen LogP contribution is -2.11. The molecule has 1 atom stereocenters. The molecule has 0 aliphatic heterocycles. The third kappa shape index (κ3) is 2.59. The van der Waals surface area contributed by atoms with Crippen LogP contribution in [-0.4, -0.2) is 10.1 Å². The quantitative estimate of drug-likeness (QED) is 0.876. The Bertz CT molecular complexity index is 505. The monoisotopic (exact) mass is 243 g/mol. The molecule has 1 saturated carbocycles. The van der Waals surface area contributed by atoms with Crippen LogP contribution in [0.5, 0.6) is 0 Å². The number of hydrogen-bond donors (Lipinski definition) is 1. The number of nitrogens with two attached hydrogens (primary N) is 1. The summed E-state index contributed by atoms with van der Waals surface area (Å²) in [6.45, 7) is 0. The zero-order chi connectivity index (χ0) is 12.4. The Hall–Kier alpha value is -1.68. The average molecular weight is 243 g/mol. The molecular formula is C14H17N3O. The van der Waals surface area contributed by atoms with E-state index in [9.17, 15) is 0 Å². The van der Waals surface area contributed by atoms with E-state index in [2.05, 4.69) is 22.3 Å². The lowest BCUT2D eigenvalue weighted by atomic mass is 10.1. The molecule has 1 aromatic carbocycles. The van der Waals surface area contributed by atoms with Gasteiger partial charge in [0.2, 0.25) is 5.89 Å². The highest BCUT2D eigenvalue weighted by Crippen LogP contribution is 2.38. The third-order valence-electron chi connectivity index (χ3n) is 3.30. The molecule has 0 amide bonds. The molecule has 0 bridgehead atoms. The largest absolute Gasteiger partial charge is 0.338 e. The Kier molecular flexibility index (Phi) is 3.11. The van der Waals surface area contributed by atoms with Gasteiger partial charge in [0.05, 0.1) is 6.04 Å². The van der Waals surface area contributed by atoms with E-state index >= 15 is 0 Å². The van der Waals surface area contributed by atoms with Crippen molar-refractivity contribution in [3.63, 3.8) is 0 Å². The summed E-state index contributed by atoms with van der Waals surface area (Å²) < 4.78 is 5.23. The molecular weight excluding hydrogens is 226 g/mol. The normalized spacial score (nSPS) is 16.7. The first-order chi connectivity index (χ1) is 8.83. The van der Waals surface area contributed by atoms with E-state index in [-0.39, 0.29) is 6.04 Å². The Morgan fingerprint density at radius 3 is 2.78 bits per heavy atom. The Labute approximate surface area is 106 Å². The highest BCUT2D eigenvalue weighted by atomic mass is 16.5. The van der Waals surface area contributed by atoms with Crippen molar-refractivity contribution in [2.24, 2.45) is 5.73 Å². The maximum Gasteiger partial charge on any atom is 0.243 e. The van der Waals surface area contributed by atoms with Crippen LogP contribution in [0.2, 0.25) is 0 Å². The van der Waals surface area contributed by atoms with Crippen LogP contribution in [0.1, 0.15) is 48.5 Å². The maximum atomic E-state index is 6.08. The first-order valence-corrected chi connectivity index (χ1v) is 6.46. The third-order valence-corrected chi connectivity index (χ3v) is 3.30. The van der Waals surface area contributed by atoms with Gasteiger partial charge in [0.1, 0.15) is 0 Å². The van der Waals surface area contributed by atoms with E-state index < -0.39 is 0 Å². The molecule has 1 aliphatic rings. The van der Waals surface area contributed by atoms with Gasteiger partial charge < -0.3 is 10.3 Å². The van der Waals surface area contributed by atoms with E-state index in [4.69, 9.17) is 10.3 Å². The van der Waals surface area contributed by atoms with Crippen molar-refractivity contribution in [2.75, 3.05) is 0 Å². The molecule has 3 rings (SSSR count). The lowest BCUT2D eigenvalue weighted by molar-refractivity contribution is 0.345. The Balaban J connectivity index is 1.58. The first kappa shape index (κ1) is 11.4. The molecule has 1 heterocycles. The van der Waals surface area contributed by atoms with Gasteiger partial charge in [-0.2, -0.15) is 4.98 Å². The van der Waals surface area contributed by atoms with Crippen molar-refractivity contribution >= 4 is 0 Å². The van der Waals surface area contributed by atoms with Crippen LogP contribution in [0.3, 0.4) is 0 Å². The van der Waals surface area contributed by atoms with Crippen molar-refractivity contribution in [3.8, 4) is 0 Å². The minimum absolute atomic E-state index is 0.162. The van der Waals surface area contributed by atoms with Gasteiger partial charge >= 0.3 is 0 Å². The van der Waals surface area contributed by atoms with Crippen LogP contribution in [0.25, 0.3) is 0 Å². The first-order valence-electron chi connectivity index (χ1n) is 6.46. The molecule has 1 aliphatic carbocycles. The number of hydrogen-bond acceptors (Lipinski definition) is 4. The van der Waals surface area contributed by atoms with Crippen molar-refractivity contribution in [1.82, 2.24) is 10.1 Å². The molecule has 1 aromatic heterocycles. The van der Waals surface area contributed by atoms with Gasteiger partial charge in [0.25, 0.3) is 0 Å². The molecule has 0 saturated heterocycles. The minimum Gasteiger partial charge on any atom is -0.338 e. The topological polar surface area (TPSA) is 64.9 Å². The van der Waals surface area contributed by atoms with E-state index in [1.807, 2.05) is 18.2 Å². The van der Waals surface area contributed by atoms with E-state index in [0.717, 1.165) is 18.7 Å².